The maximum absolute atomic E-state index is 12.3. The molecule has 0 radical (unpaired) electrons. The van der Waals surface area contributed by atoms with Crippen LogP contribution >= 0.6 is 23.2 Å². The highest BCUT2D eigenvalue weighted by Gasteiger charge is 2.19. The van der Waals surface area contributed by atoms with E-state index in [9.17, 15) is 9.59 Å². The summed E-state index contributed by atoms with van der Waals surface area (Å²) >= 11 is 11.9. The molecule has 0 heterocycles. The zero-order chi connectivity index (χ0) is 19.3. The molecule has 0 aliphatic carbocycles. The van der Waals surface area contributed by atoms with Crippen molar-refractivity contribution in [3.63, 3.8) is 0 Å². The molecule has 0 saturated carbocycles. The predicted octanol–water partition coefficient (Wildman–Crippen LogP) is 4.19. The largest absolute Gasteiger partial charge is 0.493 e. The van der Waals surface area contributed by atoms with Crippen molar-refractivity contribution in [2.75, 3.05) is 19.5 Å². The van der Waals surface area contributed by atoms with Crippen molar-refractivity contribution in [1.29, 1.82) is 0 Å². The van der Waals surface area contributed by atoms with Crippen molar-refractivity contribution in [3.05, 3.63) is 52.0 Å². The number of carbonyl (C=O) groups excluding carboxylic acids is 2. The van der Waals surface area contributed by atoms with Crippen LogP contribution in [0.25, 0.3) is 0 Å². The van der Waals surface area contributed by atoms with Crippen LogP contribution in [0, 0.1) is 0 Å². The van der Waals surface area contributed by atoms with E-state index in [0.717, 1.165) is 0 Å². The maximum Gasteiger partial charge on any atom is 0.337 e. The maximum atomic E-state index is 12.3. The number of ether oxygens (including phenoxy) is 3. The Morgan fingerprint density at radius 1 is 1.04 bits per heavy atom. The molecule has 6 nitrogen and oxygen atoms in total. The highest BCUT2D eigenvalue weighted by Crippen LogP contribution is 2.30. The Bertz CT molecular complexity index is 825. The van der Waals surface area contributed by atoms with Gasteiger partial charge < -0.3 is 19.5 Å². The van der Waals surface area contributed by atoms with Crippen molar-refractivity contribution >= 4 is 40.8 Å². The SMILES string of the molecule is COC(=O)c1ccc(O[C@@H](C)C(=O)Nc2cc(Cl)ccc2Cl)c(OC)c1. The van der Waals surface area contributed by atoms with Crippen LogP contribution in [-0.4, -0.2) is 32.2 Å². The van der Waals surface area contributed by atoms with Gasteiger partial charge in [0.15, 0.2) is 17.6 Å². The number of anilines is 1. The van der Waals surface area contributed by atoms with Crippen molar-refractivity contribution in [1.82, 2.24) is 0 Å². The van der Waals surface area contributed by atoms with Crippen LogP contribution in [0.3, 0.4) is 0 Å². The van der Waals surface area contributed by atoms with Gasteiger partial charge in [0.1, 0.15) is 0 Å². The smallest absolute Gasteiger partial charge is 0.337 e. The molecule has 0 spiro atoms. The van der Waals surface area contributed by atoms with Crippen LogP contribution < -0.4 is 14.8 Å². The second-order valence-electron chi connectivity index (χ2n) is 5.23. The highest BCUT2D eigenvalue weighted by atomic mass is 35.5. The number of carbonyl (C=O) groups is 2. The summed E-state index contributed by atoms with van der Waals surface area (Å²) in [6.07, 6.45) is -0.858. The molecule has 2 aromatic rings. The third-order valence-electron chi connectivity index (χ3n) is 3.44. The molecule has 0 bridgehead atoms. The summed E-state index contributed by atoms with van der Waals surface area (Å²) in [5.41, 5.74) is 0.687. The predicted molar refractivity (Wildman–Crippen MR) is 99.5 cm³/mol. The normalized spacial score (nSPS) is 11.4. The van der Waals surface area contributed by atoms with Crippen LogP contribution in [0.5, 0.6) is 11.5 Å². The number of esters is 1. The Labute approximate surface area is 160 Å². The topological polar surface area (TPSA) is 73.9 Å². The van der Waals surface area contributed by atoms with Gasteiger partial charge >= 0.3 is 5.97 Å². The Kier molecular flexibility index (Phi) is 6.71. The summed E-state index contributed by atoms with van der Waals surface area (Å²) in [5.74, 6) is -0.321. The minimum Gasteiger partial charge on any atom is -0.493 e. The van der Waals surface area contributed by atoms with Gasteiger partial charge in [-0.2, -0.15) is 0 Å². The molecular formula is C18H17Cl2NO5. The van der Waals surface area contributed by atoms with Gasteiger partial charge in [-0.3, -0.25) is 4.79 Å². The van der Waals surface area contributed by atoms with Crippen molar-refractivity contribution in [2.45, 2.75) is 13.0 Å². The van der Waals surface area contributed by atoms with Gasteiger partial charge in [0.05, 0.1) is 30.5 Å². The molecule has 2 rings (SSSR count). The van der Waals surface area contributed by atoms with E-state index < -0.39 is 18.0 Å². The molecule has 1 N–H and O–H groups in total. The van der Waals surface area contributed by atoms with Gasteiger partial charge in [0.2, 0.25) is 0 Å². The molecule has 0 unspecified atom stereocenters. The Hall–Kier alpha value is -2.44. The van der Waals surface area contributed by atoms with Crippen LogP contribution in [0.2, 0.25) is 10.0 Å². The van der Waals surface area contributed by atoms with Gasteiger partial charge in [0, 0.05) is 5.02 Å². The van der Waals surface area contributed by atoms with E-state index in [2.05, 4.69) is 10.1 Å². The third kappa shape index (κ3) is 4.80. The first kappa shape index (κ1) is 19.9. The van der Waals surface area contributed by atoms with E-state index in [4.69, 9.17) is 32.7 Å². The van der Waals surface area contributed by atoms with Gasteiger partial charge in [0.25, 0.3) is 5.91 Å². The summed E-state index contributed by atoms with van der Waals surface area (Å²) in [4.78, 5) is 23.9. The average molecular weight is 398 g/mol. The molecule has 138 valence electrons. The fraction of sp³-hybridized carbons (Fsp3) is 0.222. The monoisotopic (exact) mass is 397 g/mol. The van der Waals surface area contributed by atoms with E-state index in [-0.39, 0.29) is 0 Å². The molecule has 26 heavy (non-hydrogen) atoms. The lowest BCUT2D eigenvalue weighted by Gasteiger charge is -2.17. The van der Waals surface area contributed by atoms with E-state index in [1.165, 1.54) is 32.4 Å². The van der Waals surface area contributed by atoms with E-state index in [1.807, 2.05) is 0 Å². The second kappa shape index (κ2) is 8.78. The van der Waals surface area contributed by atoms with E-state index >= 15 is 0 Å². The number of halogens is 2. The third-order valence-corrected chi connectivity index (χ3v) is 4.01. The first-order valence-corrected chi connectivity index (χ1v) is 8.30. The number of methoxy groups -OCH3 is 2. The van der Waals surface area contributed by atoms with Gasteiger partial charge in [-0.25, -0.2) is 4.79 Å². The van der Waals surface area contributed by atoms with E-state index in [1.54, 1.807) is 25.1 Å². The standard InChI is InChI=1S/C18H17Cl2NO5/c1-10(17(22)21-14-9-12(19)5-6-13(14)20)26-15-7-4-11(18(23)25-3)8-16(15)24-2/h4-10H,1-3H3,(H,21,22)/t10-/m0/s1. The molecule has 0 aliphatic heterocycles. The molecule has 0 saturated heterocycles. The molecule has 0 aliphatic rings. The summed E-state index contributed by atoms with van der Waals surface area (Å²) in [6.45, 7) is 1.57. The number of hydrogen-bond donors (Lipinski definition) is 1. The zero-order valence-electron chi connectivity index (χ0n) is 14.3. The first-order chi connectivity index (χ1) is 12.3. The fourth-order valence-electron chi connectivity index (χ4n) is 2.08. The van der Waals surface area contributed by atoms with Gasteiger partial charge in [-0.05, 0) is 43.3 Å². The highest BCUT2D eigenvalue weighted by molar-refractivity contribution is 6.35. The summed E-state index contributed by atoms with van der Waals surface area (Å²) in [6, 6.07) is 9.26. The van der Waals surface area contributed by atoms with Crippen LogP contribution in [0.15, 0.2) is 36.4 Å². The number of rotatable bonds is 6. The van der Waals surface area contributed by atoms with Gasteiger partial charge in [-0.1, -0.05) is 23.2 Å². The average Bonchev–Trinajstić information content (AvgIpc) is 2.64. The minimum atomic E-state index is -0.858. The van der Waals surface area contributed by atoms with Gasteiger partial charge in [-0.15, -0.1) is 0 Å². The van der Waals surface area contributed by atoms with Crippen LogP contribution in [0.4, 0.5) is 5.69 Å². The second-order valence-corrected chi connectivity index (χ2v) is 6.07. The Morgan fingerprint density at radius 2 is 1.77 bits per heavy atom. The van der Waals surface area contributed by atoms with Crippen molar-refractivity contribution in [3.8, 4) is 11.5 Å². The van der Waals surface area contributed by atoms with Crippen molar-refractivity contribution < 1.29 is 23.8 Å². The molecule has 0 aromatic heterocycles. The van der Waals surface area contributed by atoms with Crippen molar-refractivity contribution in [2.24, 2.45) is 0 Å². The Balaban J connectivity index is 2.13. The Morgan fingerprint density at radius 3 is 2.42 bits per heavy atom. The first-order valence-electron chi connectivity index (χ1n) is 7.54. The lowest BCUT2D eigenvalue weighted by molar-refractivity contribution is -0.122. The minimum absolute atomic E-state index is 0.299. The molecule has 0 fully saturated rings. The number of nitrogens with one attached hydrogen (secondary N) is 1. The molecule has 1 amide bonds. The summed E-state index contributed by atoms with van der Waals surface area (Å²) < 4.78 is 15.5. The molecule has 8 heteroatoms. The zero-order valence-corrected chi connectivity index (χ0v) is 15.9. The number of benzene rings is 2. The molecule has 2 aromatic carbocycles. The van der Waals surface area contributed by atoms with Crippen LogP contribution in [0.1, 0.15) is 17.3 Å². The molecular weight excluding hydrogens is 381 g/mol. The number of amides is 1. The number of hydrogen-bond acceptors (Lipinski definition) is 5. The fourth-order valence-corrected chi connectivity index (χ4v) is 2.42. The lowest BCUT2D eigenvalue weighted by atomic mass is 10.2. The summed E-state index contributed by atoms with van der Waals surface area (Å²) in [5, 5.41) is 3.45. The summed E-state index contributed by atoms with van der Waals surface area (Å²) in [7, 11) is 2.71. The molecule has 1 atom stereocenters. The van der Waals surface area contributed by atoms with E-state index in [0.29, 0.717) is 32.8 Å². The van der Waals surface area contributed by atoms with Crippen LogP contribution in [-0.2, 0) is 9.53 Å². The lowest BCUT2D eigenvalue weighted by Crippen LogP contribution is -2.30. The quantitative estimate of drug-likeness (QED) is 0.739.